The fraction of sp³-hybridized carbons (Fsp3) is 0.222. The van der Waals surface area contributed by atoms with Crippen molar-refractivity contribution >= 4 is 17.5 Å². The van der Waals surface area contributed by atoms with Crippen LogP contribution in [0.3, 0.4) is 0 Å². The molecule has 0 saturated carbocycles. The summed E-state index contributed by atoms with van der Waals surface area (Å²) in [5, 5.41) is 15.9. The van der Waals surface area contributed by atoms with Gasteiger partial charge in [0, 0.05) is 37.6 Å². The minimum absolute atomic E-state index is 0.0344. The smallest absolute Gasteiger partial charge is 0.361 e. The van der Waals surface area contributed by atoms with Crippen molar-refractivity contribution in [2.24, 2.45) is 5.92 Å². The van der Waals surface area contributed by atoms with Crippen molar-refractivity contribution in [2.75, 3.05) is 11.9 Å². The minimum atomic E-state index is -0.389. The topological polar surface area (TPSA) is 126 Å². The molecule has 3 aromatic rings. The first-order valence-electron chi connectivity index (χ1n) is 8.66. The van der Waals surface area contributed by atoms with Gasteiger partial charge in [-0.05, 0) is 41.1 Å². The molecular formula is C18H17N7O3. The Labute approximate surface area is 159 Å². The van der Waals surface area contributed by atoms with Crippen LogP contribution in [0.5, 0.6) is 11.8 Å². The summed E-state index contributed by atoms with van der Waals surface area (Å²) >= 11 is 0. The van der Waals surface area contributed by atoms with Crippen LogP contribution in [-0.4, -0.2) is 48.9 Å². The highest BCUT2D eigenvalue weighted by molar-refractivity contribution is 5.97. The molecule has 10 nitrogen and oxygen atoms in total. The minimum Gasteiger partial charge on any atom is -0.422 e. The molecule has 1 aromatic carbocycles. The van der Waals surface area contributed by atoms with Gasteiger partial charge in [-0.3, -0.25) is 14.6 Å². The summed E-state index contributed by atoms with van der Waals surface area (Å²) < 4.78 is 5.38. The van der Waals surface area contributed by atoms with Crippen molar-refractivity contribution in [1.82, 2.24) is 30.5 Å². The Morgan fingerprint density at radius 1 is 1.29 bits per heavy atom. The molecule has 1 aliphatic rings. The van der Waals surface area contributed by atoms with Crippen molar-refractivity contribution in [2.45, 2.75) is 13.0 Å². The molecular weight excluding hydrogens is 362 g/mol. The number of hydrogen-bond acceptors (Lipinski definition) is 7. The summed E-state index contributed by atoms with van der Waals surface area (Å²) in [4.78, 5) is 30.5. The van der Waals surface area contributed by atoms with Crippen LogP contribution in [-0.2, 0) is 16.1 Å². The maximum absolute atomic E-state index is 12.5. The number of likely N-dealkylation sites (tertiary alicyclic amines) is 1. The lowest BCUT2D eigenvalue weighted by molar-refractivity contribution is -0.128. The van der Waals surface area contributed by atoms with Gasteiger partial charge in [0.05, 0.1) is 5.92 Å². The Bertz CT molecular complexity index is 945. The number of tetrazole rings is 1. The summed E-state index contributed by atoms with van der Waals surface area (Å²) in [7, 11) is 0. The van der Waals surface area contributed by atoms with E-state index < -0.39 is 0 Å². The fourth-order valence-electron chi connectivity index (χ4n) is 2.96. The van der Waals surface area contributed by atoms with Crippen LogP contribution >= 0.6 is 0 Å². The summed E-state index contributed by atoms with van der Waals surface area (Å²) in [6.45, 7) is 0.844. The second-order valence-electron chi connectivity index (χ2n) is 6.35. The van der Waals surface area contributed by atoms with Crippen LogP contribution < -0.4 is 10.1 Å². The van der Waals surface area contributed by atoms with Gasteiger partial charge >= 0.3 is 6.01 Å². The van der Waals surface area contributed by atoms with Crippen molar-refractivity contribution < 1.29 is 14.3 Å². The number of anilines is 1. The van der Waals surface area contributed by atoms with Gasteiger partial charge in [0.1, 0.15) is 5.75 Å². The Morgan fingerprint density at radius 2 is 2.14 bits per heavy atom. The number of aromatic nitrogens is 5. The number of pyridine rings is 1. The SMILES string of the molecule is O=C(Nc1ccc(Oc2nn[nH]n2)cc1)C1CC(=O)N(Cc2cccnc2)C1. The zero-order valence-electron chi connectivity index (χ0n) is 14.8. The molecule has 3 heterocycles. The molecule has 142 valence electrons. The summed E-state index contributed by atoms with van der Waals surface area (Å²) in [5.74, 6) is -0.0979. The first-order chi connectivity index (χ1) is 13.7. The van der Waals surface area contributed by atoms with Crippen molar-refractivity contribution in [1.29, 1.82) is 0 Å². The van der Waals surface area contributed by atoms with Gasteiger partial charge in [-0.2, -0.15) is 5.21 Å². The highest BCUT2D eigenvalue weighted by Crippen LogP contribution is 2.23. The molecule has 4 rings (SSSR count). The molecule has 1 saturated heterocycles. The quantitative estimate of drug-likeness (QED) is 0.662. The predicted molar refractivity (Wildman–Crippen MR) is 97.1 cm³/mol. The largest absolute Gasteiger partial charge is 0.422 e. The summed E-state index contributed by atoms with van der Waals surface area (Å²) in [6, 6.07) is 10.6. The van der Waals surface area contributed by atoms with Crippen LogP contribution in [0.15, 0.2) is 48.8 Å². The number of aromatic amines is 1. The highest BCUT2D eigenvalue weighted by Gasteiger charge is 2.34. The predicted octanol–water partition coefficient (Wildman–Crippen LogP) is 1.37. The van der Waals surface area contributed by atoms with Gasteiger partial charge in [-0.15, -0.1) is 0 Å². The summed E-state index contributed by atoms with van der Waals surface area (Å²) in [5.41, 5.74) is 1.55. The first kappa shape index (κ1) is 17.6. The van der Waals surface area contributed by atoms with Crippen molar-refractivity contribution in [3.8, 4) is 11.8 Å². The van der Waals surface area contributed by atoms with E-state index in [2.05, 4.69) is 30.9 Å². The molecule has 28 heavy (non-hydrogen) atoms. The van der Waals surface area contributed by atoms with E-state index in [0.29, 0.717) is 24.5 Å². The number of hydrogen-bond donors (Lipinski definition) is 2. The molecule has 2 amide bonds. The van der Waals surface area contributed by atoms with Gasteiger partial charge < -0.3 is 15.0 Å². The van der Waals surface area contributed by atoms with Crippen LogP contribution in [0.4, 0.5) is 5.69 Å². The third-order valence-electron chi connectivity index (χ3n) is 4.34. The second kappa shape index (κ2) is 7.82. The molecule has 2 N–H and O–H groups in total. The number of carbonyl (C=O) groups excluding carboxylic acids is 2. The Hall–Kier alpha value is -3.82. The number of ether oxygens (including phenoxy) is 1. The van der Waals surface area contributed by atoms with E-state index in [9.17, 15) is 9.59 Å². The van der Waals surface area contributed by atoms with Gasteiger partial charge in [0.25, 0.3) is 0 Å². The molecule has 1 aliphatic heterocycles. The zero-order valence-corrected chi connectivity index (χ0v) is 14.8. The fourth-order valence-corrected chi connectivity index (χ4v) is 2.96. The maximum Gasteiger partial charge on any atom is 0.361 e. The molecule has 1 unspecified atom stereocenters. The lowest BCUT2D eigenvalue weighted by Gasteiger charge is -2.16. The van der Waals surface area contributed by atoms with Gasteiger partial charge in [-0.25, -0.2) is 0 Å². The lowest BCUT2D eigenvalue weighted by atomic mass is 10.1. The molecule has 0 spiro atoms. The molecule has 0 bridgehead atoms. The Balaban J connectivity index is 1.33. The van der Waals surface area contributed by atoms with Crippen molar-refractivity contribution in [3.05, 3.63) is 54.4 Å². The molecule has 0 radical (unpaired) electrons. The normalized spacial score (nSPS) is 16.2. The van der Waals surface area contributed by atoms with Crippen LogP contribution in [0.25, 0.3) is 0 Å². The lowest BCUT2D eigenvalue weighted by Crippen LogP contribution is -2.28. The van der Waals surface area contributed by atoms with E-state index in [1.165, 1.54) is 0 Å². The van der Waals surface area contributed by atoms with Crippen LogP contribution in [0.2, 0.25) is 0 Å². The molecule has 1 fully saturated rings. The molecule has 1 atom stereocenters. The highest BCUT2D eigenvalue weighted by atomic mass is 16.5. The monoisotopic (exact) mass is 379 g/mol. The molecule has 2 aromatic heterocycles. The summed E-state index contributed by atoms with van der Waals surface area (Å²) in [6.07, 6.45) is 3.61. The molecule has 0 aliphatic carbocycles. The first-order valence-corrected chi connectivity index (χ1v) is 8.66. The molecule has 10 heteroatoms. The van der Waals surface area contributed by atoms with E-state index in [1.54, 1.807) is 41.6 Å². The average molecular weight is 379 g/mol. The van der Waals surface area contributed by atoms with E-state index in [1.807, 2.05) is 12.1 Å². The standard InChI is InChI=1S/C18H17N7O3/c26-16-8-13(11-25(16)10-12-2-1-7-19-9-12)17(27)20-14-3-5-15(6-4-14)28-18-21-23-24-22-18/h1-7,9,13H,8,10-11H2,(H,20,27)(H,21,22,23,24). The number of H-pyrrole nitrogens is 1. The second-order valence-corrected chi connectivity index (χ2v) is 6.35. The Morgan fingerprint density at radius 3 is 2.86 bits per heavy atom. The third kappa shape index (κ3) is 4.11. The number of rotatable bonds is 6. The number of nitrogens with zero attached hydrogens (tertiary/aromatic N) is 5. The number of carbonyl (C=O) groups is 2. The van der Waals surface area contributed by atoms with Gasteiger partial charge in [-0.1, -0.05) is 16.3 Å². The van der Waals surface area contributed by atoms with E-state index in [-0.39, 0.29) is 30.2 Å². The third-order valence-corrected chi connectivity index (χ3v) is 4.34. The van der Waals surface area contributed by atoms with Gasteiger partial charge in [0.2, 0.25) is 11.8 Å². The van der Waals surface area contributed by atoms with Gasteiger partial charge in [0.15, 0.2) is 0 Å². The average Bonchev–Trinajstić information content (AvgIpc) is 3.34. The van der Waals surface area contributed by atoms with E-state index in [0.717, 1.165) is 5.56 Å². The van der Waals surface area contributed by atoms with E-state index in [4.69, 9.17) is 4.74 Å². The van der Waals surface area contributed by atoms with Crippen LogP contribution in [0, 0.1) is 5.92 Å². The van der Waals surface area contributed by atoms with Crippen molar-refractivity contribution in [3.63, 3.8) is 0 Å². The number of amides is 2. The maximum atomic E-state index is 12.5. The van der Waals surface area contributed by atoms with E-state index >= 15 is 0 Å². The Kier molecular flexibility index (Phi) is 4.91. The zero-order chi connectivity index (χ0) is 19.3. The van der Waals surface area contributed by atoms with Crippen LogP contribution in [0.1, 0.15) is 12.0 Å². The number of nitrogens with one attached hydrogen (secondary N) is 2. The number of benzene rings is 1.